The van der Waals surface area contributed by atoms with E-state index in [1.165, 1.54) is 37.7 Å². The van der Waals surface area contributed by atoms with Crippen LogP contribution >= 0.6 is 0 Å². The molecule has 4 saturated carbocycles. The first-order valence-corrected chi connectivity index (χ1v) is 8.58. The highest BCUT2D eigenvalue weighted by molar-refractivity contribution is 5.83. The monoisotopic (exact) mass is 282 g/mol. The van der Waals surface area contributed by atoms with Gasteiger partial charge in [0.2, 0.25) is 0 Å². The number of hydrogen-bond acceptors (Lipinski definition) is 1. The van der Waals surface area contributed by atoms with Crippen LogP contribution in [0.3, 0.4) is 0 Å². The molecule has 4 atom stereocenters. The Morgan fingerprint density at radius 3 is 2.52 bits per heavy atom. The summed E-state index contributed by atoms with van der Waals surface area (Å²) >= 11 is 0. The molecule has 4 aliphatic carbocycles. The molecule has 0 radical (unpaired) electrons. The molecule has 0 heterocycles. The summed E-state index contributed by atoms with van der Waals surface area (Å²) in [5.41, 5.74) is 2.20. The SMILES string of the molecule is CC[C@]12CC3CC(C(C)=O)(C1)C[C@@](c1ccccc1)(C3)C2. The Kier molecular flexibility index (Phi) is 2.72. The number of Topliss-reactive ketones (excluding diaryl/α,β-unsaturated/α-hetero) is 1. The molecule has 0 aromatic heterocycles. The molecule has 1 aromatic rings. The molecule has 0 N–H and O–H groups in total. The maximum Gasteiger partial charge on any atom is 0.136 e. The van der Waals surface area contributed by atoms with Crippen molar-refractivity contribution >= 4 is 5.78 Å². The van der Waals surface area contributed by atoms with Crippen LogP contribution in [0.5, 0.6) is 0 Å². The van der Waals surface area contributed by atoms with E-state index in [0.717, 1.165) is 18.8 Å². The van der Waals surface area contributed by atoms with Gasteiger partial charge in [-0.2, -0.15) is 0 Å². The van der Waals surface area contributed by atoms with Gasteiger partial charge < -0.3 is 0 Å². The summed E-state index contributed by atoms with van der Waals surface area (Å²) in [6.45, 7) is 4.20. The van der Waals surface area contributed by atoms with Gasteiger partial charge >= 0.3 is 0 Å². The lowest BCUT2D eigenvalue weighted by atomic mass is 9.37. The number of carbonyl (C=O) groups is 1. The Morgan fingerprint density at radius 1 is 1.10 bits per heavy atom. The molecule has 0 aliphatic heterocycles. The molecule has 1 nitrogen and oxygen atoms in total. The molecule has 0 amide bonds. The molecule has 21 heavy (non-hydrogen) atoms. The summed E-state index contributed by atoms with van der Waals surface area (Å²) in [6.07, 6.45) is 8.67. The van der Waals surface area contributed by atoms with Crippen LogP contribution in [0.4, 0.5) is 0 Å². The summed E-state index contributed by atoms with van der Waals surface area (Å²) in [4.78, 5) is 12.5. The van der Waals surface area contributed by atoms with Crippen LogP contribution < -0.4 is 0 Å². The van der Waals surface area contributed by atoms with Crippen LogP contribution in [0.1, 0.15) is 64.4 Å². The Bertz CT molecular complexity index is 577. The smallest absolute Gasteiger partial charge is 0.136 e. The van der Waals surface area contributed by atoms with Crippen molar-refractivity contribution < 1.29 is 4.79 Å². The van der Waals surface area contributed by atoms with Crippen molar-refractivity contribution in [2.75, 3.05) is 0 Å². The number of rotatable bonds is 3. The summed E-state index contributed by atoms with van der Waals surface area (Å²) in [5.74, 6) is 1.23. The van der Waals surface area contributed by atoms with E-state index in [0.29, 0.717) is 11.2 Å². The van der Waals surface area contributed by atoms with Crippen molar-refractivity contribution in [2.24, 2.45) is 16.7 Å². The predicted molar refractivity (Wildman–Crippen MR) is 85.2 cm³/mol. The first kappa shape index (κ1) is 13.5. The Labute approximate surface area is 128 Å². The minimum Gasteiger partial charge on any atom is -0.299 e. The van der Waals surface area contributed by atoms with Crippen LogP contribution in [0.2, 0.25) is 0 Å². The minimum atomic E-state index is -0.00866. The quantitative estimate of drug-likeness (QED) is 0.771. The Hall–Kier alpha value is -1.11. The third-order valence-electron chi connectivity index (χ3n) is 7.07. The summed E-state index contributed by atoms with van der Waals surface area (Å²) in [6, 6.07) is 11.1. The molecule has 4 fully saturated rings. The third kappa shape index (κ3) is 1.79. The standard InChI is InChI=1S/C20H26O/c1-3-18-9-16-10-19(12-18,15(2)21)14-20(11-16,13-18)17-7-5-4-6-8-17/h4-8,16H,3,9-14H2,1-2H3/t16?,18-,19?,20+/m0/s1. The largest absolute Gasteiger partial charge is 0.299 e. The zero-order valence-electron chi connectivity index (χ0n) is 13.3. The number of carbonyl (C=O) groups excluding carboxylic acids is 1. The van der Waals surface area contributed by atoms with E-state index in [1.54, 1.807) is 0 Å². The van der Waals surface area contributed by atoms with Gasteiger partial charge in [-0.1, -0.05) is 43.7 Å². The first-order valence-electron chi connectivity index (χ1n) is 8.58. The minimum absolute atomic E-state index is 0.00866. The molecule has 0 spiro atoms. The molecule has 1 heteroatoms. The lowest BCUT2D eigenvalue weighted by Gasteiger charge is -2.66. The molecular formula is C20H26O. The van der Waals surface area contributed by atoms with Crippen molar-refractivity contribution in [1.29, 1.82) is 0 Å². The highest BCUT2D eigenvalue weighted by atomic mass is 16.1. The van der Waals surface area contributed by atoms with E-state index in [9.17, 15) is 4.79 Å². The van der Waals surface area contributed by atoms with Gasteiger partial charge in [-0.3, -0.25) is 4.79 Å². The molecule has 4 aliphatic rings. The average molecular weight is 282 g/mol. The zero-order valence-corrected chi connectivity index (χ0v) is 13.3. The van der Waals surface area contributed by atoms with Crippen molar-refractivity contribution in [1.82, 2.24) is 0 Å². The molecule has 5 rings (SSSR count). The Balaban J connectivity index is 1.85. The topological polar surface area (TPSA) is 17.1 Å². The van der Waals surface area contributed by atoms with E-state index >= 15 is 0 Å². The molecule has 2 unspecified atom stereocenters. The van der Waals surface area contributed by atoms with Gasteiger partial charge in [0.25, 0.3) is 0 Å². The highest BCUT2D eigenvalue weighted by Gasteiger charge is 2.64. The third-order valence-corrected chi connectivity index (χ3v) is 7.07. The van der Waals surface area contributed by atoms with Crippen molar-refractivity contribution in [2.45, 2.75) is 64.2 Å². The van der Waals surface area contributed by atoms with Crippen molar-refractivity contribution in [3.8, 4) is 0 Å². The van der Waals surface area contributed by atoms with Gasteiger partial charge in [-0.15, -0.1) is 0 Å². The number of benzene rings is 1. The van der Waals surface area contributed by atoms with Gasteiger partial charge in [0.15, 0.2) is 0 Å². The van der Waals surface area contributed by atoms with E-state index in [-0.39, 0.29) is 10.8 Å². The molecule has 1 aromatic carbocycles. The second-order valence-electron chi connectivity index (χ2n) is 8.35. The predicted octanol–water partition coefficient (Wildman–Crippen LogP) is 4.89. The maximum atomic E-state index is 12.5. The van der Waals surface area contributed by atoms with Gasteiger partial charge in [0.1, 0.15) is 5.78 Å². The molecule has 0 saturated heterocycles. The van der Waals surface area contributed by atoms with E-state index in [4.69, 9.17) is 0 Å². The maximum absolute atomic E-state index is 12.5. The molecule has 4 bridgehead atoms. The van der Waals surface area contributed by atoms with Crippen LogP contribution in [0.15, 0.2) is 30.3 Å². The fraction of sp³-hybridized carbons (Fsp3) is 0.650. The van der Waals surface area contributed by atoms with E-state index in [1.807, 2.05) is 6.92 Å². The van der Waals surface area contributed by atoms with Gasteiger partial charge in [0, 0.05) is 5.41 Å². The van der Waals surface area contributed by atoms with Crippen LogP contribution in [0, 0.1) is 16.7 Å². The highest BCUT2D eigenvalue weighted by Crippen LogP contribution is 2.71. The van der Waals surface area contributed by atoms with Crippen LogP contribution in [-0.2, 0) is 10.2 Å². The number of ketones is 1. The summed E-state index contributed by atoms with van der Waals surface area (Å²) < 4.78 is 0. The first-order chi connectivity index (χ1) is 10.0. The summed E-state index contributed by atoms with van der Waals surface area (Å²) in [5, 5.41) is 0. The van der Waals surface area contributed by atoms with Gasteiger partial charge in [-0.25, -0.2) is 0 Å². The van der Waals surface area contributed by atoms with E-state index < -0.39 is 0 Å². The second-order valence-corrected chi connectivity index (χ2v) is 8.35. The average Bonchev–Trinajstić information content (AvgIpc) is 2.47. The van der Waals surface area contributed by atoms with Crippen LogP contribution in [0.25, 0.3) is 0 Å². The Morgan fingerprint density at radius 2 is 1.86 bits per heavy atom. The molecular weight excluding hydrogens is 256 g/mol. The normalized spacial score (nSPS) is 44.0. The fourth-order valence-electron chi connectivity index (χ4n) is 6.54. The second kappa shape index (κ2) is 4.21. The fourth-order valence-corrected chi connectivity index (χ4v) is 6.54. The van der Waals surface area contributed by atoms with Gasteiger partial charge in [0.05, 0.1) is 0 Å². The lowest BCUT2D eigenvalue weighted by molar-refractivity contribution is -0.159. The number of hydrogen-bond donors (Lipinski definition) is 0. The van der Waals surface area contributed by atoms with Crippen molar-refractivity contribution in [3.05, 3.63) is 35.9 Å². The van der Waals surface area contributed by atoms with Gasteiger partial charge in [-0.05, 0) is 67.8 Å². The molecule has 112 valence electrons. The zero-order chi connectivity index (χ0) is 14.7. The lowest BCUT2D eigenvalue weighted by Crippen LogP contribution is -2.60. The van der Waals surface area contributed by atoms with Crippen LogP contribution in [-0.4, -0.2) is 5.78 Å². The van der Waals surface area contributed by atoms with E-state index in [2.05, 4.69) is 37.3 Å². The van der Waals surface area contributed by atoms with Crippen molar-refractivity contribution in [3.63, 3.8) is 0 Å². The summed E-state index contributed by atoms with van der Waals surface area (Å²) in [7, 11) is 0.